The molecule has 1 saturated heterocycles. The van der Waals surface area contributed by atoms with Gasteiger partial charge in [-0.3, -0.25) is 4.79 Å². The number of nitrogens with two attached hydrogens (primary N) is 1. The fourth-order valence-corrected chi connectivity index (χ4v) is 2.31. The summed E-state index contributed by atoms with van der Waals surface area (Å²) in [5.41, 5.74) is 7.26. The predicted molar refractivity (Wildman–Crippen MR) is 63.8 cm³/mol. The fraction of sp³-hybridized carbons (Fsp3) is 0.462. The van der Waals surface area contributed by atoms with Crippen molar-refractivity contribution in [1.82, 2.24) is 5.32 Å². The van der Waals surface area contributed by atoms with E-state index in [-0.39, 0.29) is 23.9 Å². The molecule has 0 bridgehead atoms. The number of rotatable bonds is 3. The highest BCUT2D eigenvalue weighted by molar-refractivity contribution is 5.82. The number of nitrogens with one attached hydrogen (secondary N) is 1. The molecule has 3 heteroatoms. The zero-order chi connectivity index (χ0) is 11.5. The summed E-state index contributed by atoms with van der Waals surface area (Å²) >= 11 is 0. The fourth-order valence-electron chi connectivity index (χ4n) is 2.31. The van der Waals surface area contributed by atoms with Crippen molar-refractivity contribution in [2.45, 2.75) is 31.8 Å². The summed E-state index contributed by atoms with van der Waals surface area (Å²) in [4.78, 5) is 11.8. The zero-order valence-corrected chi connectivity index (χ0v) is 9.52. The molecule has 1 unspecified atom stereocenters. The second-order valence-electron chi connectivity index (χ2n) is 4.40. The molecule has 1 aliphatic heterocycles. The van der Waals surface area contributed by atoms with Crippen LogP contribution in [0.3, 0.4) is 0 Å². The van der Waals surface area contributed by atoms with Crippen LogP contribution in [0.4, 0.5) is 0 Å². The molecule has 1 fully saturated rings. The standard InChI is InChI=1S/C13H18N2O/c1-2-11-12(14)10(13(16)15-11)8-9-6-4-3-5-7-9/h3-7,10-12H,2,8,14H2,1H3,(H,15,16)/t10?,11-,12+/m1/s1. The van der Waals surface area contributed by atoms with Gasteiger partial charge in [0.1, 0.15) is 0 Å². The summed E-state index contributed by atoms with van der Waals surface area (Å²) in [6.45, 7) is 2.05. The monoisotopic (exact) mass is 218 g/mol. The van der Waals surface area contributed by atoms with E-state index in [0.717, 1.165) is 12.8 Å². The number of amides is 1. The van der Waals surface area contributed by atoms with E-state index in [1.54, 1.807) is 0 Å². The Bertz CT molecular complexity index is 363. The summed E-state index contributed by atoms with van der Waals surface area (Å²) in [7, 11) is 0. The van der Waals surface area contributed by atoms with E-state index < -0.39 is 0 Å². The van der Waals surface area contributed by atoms with Crippen molar-refractivity contribution in [3.05, 3.63) is 35.9 Å². The molecule has 1 heterocycles. The highest BCUT2D eigenvalue weighted by atomic mass is 16.2. The van der Waals surface area contributed by atoms with Gasteiger partial charge in [-0.05, 0) is 18.4 Å². The third-order valence-electron chi connectivity index (χ3n) is 3.33. The number of carbonyl (C=O) groups is 1. The Hall–Kier alpha value is -1.35. The molecule has 0 spiro atoms. The molecular weight excluding hydrogens is 200 g/mol. The quantitative estimate of drug-likeness (QED) is 0.797. The number of benzene rings is 1. The first-order valence-corrected chi connectivity index (χ1v) is 5.82. The Morgan fingerprint density at radius 1 is 1.31 bits per heavy atom. The van der Waals surface area contributed by atoms with Crippen molar-refractivity contribution in [1.29, 1.82) is 0 Å². The third-order valence-corrected chi connectivity index (χ3v) is 3.33. The molecular formula is C13H18N2O. The molecule has 0 aliphatic carbocycles. The van der Waals surface area contributed by atoms with Gasteiger partial charge in [-0.2, -0.15) is 0 Å². The van der Waals surface area contributed by atoms with Crippen molar-refractivity contribution < 1.29 is 4.79 Å². The first-order valence-electron chi connectivity index (χ1n) is 5.82. The summed E-state index contributed by atoms with van der Waals surface area (Å²) in [5.74, 6) is 0.0237. The Morgan fingerprint density at radius 3 is 2.56 bits per heavy atom. The minimum Gasteiger partial charge on any atom is -0.351 e. The highest BCUT2D eigenvalue weighted by Gasteiger charge is 2.38. The van der Waals surface area contributed by atoms with Gasteiger partial charge in [-0.1, -0.05) is 37.3 Å². The normalized spacial score (nSPS) is 29.1. The number of carbonyl (C=O) groups excluding carboxylic acids is 1. The average molecular weight is 218 g/mol. The van der Waals surface area contributed by atoms with E-state index in [1.807, 2.05) is 30.3 Å². The summed E-state index contributed by atoms with van der Waals surface area (Å²) in [6.07, 6.45) is 1.64. The van der Waals surface area contributed by atoms with Crippen LogP contribution in [0.2, 0.25) is 0 Å². The maximum absolute atomic E-state index is 11.8. The van der Waals surface area contributed by atoms with Crippen LogP contribution in [0.15, 0.2) is 30.3 Å². The summed E-state index contributed by atoms with van der Waals surface area (Å²) in [6, 6.07) is 10.1. The molecule has 86 valence electrons. The lowest BCUT2D eigenvalue weighted by Crippen LogP contribution is -2.38. The van der Waals surface area contributed by atoms with Crippen LogP contribution in [-0.4, -0.2) is 18.0 Å². The van der Waals surface area contributed by atoms with Crippen molar-refractivity contribution in [2.75, 3.05) is 0 Å². The summed E-state index contributed by atoms with van der Waals surface area (Å²) < 4.78 is 0. The molecule has 0 aromatic heterocycles. The Morgan fingerprint density at radius 2 is 2.00 bits per heavy atom. The van der Waals surface area contributed by atoms with Crippen molar-refractivity contribution >= 4 is 5.91 Å². The third kappa shape index (κ3) is 2.09. The predicted octanol–water partition coefficient (Wildman–Crippen LogP) is 1.08. The van der Waals surface area contributed by atoms with Crippen LogP contribution in [0, 0.1) is 5.92 Å². The lowest BCUT2D eigenvalue weighted by molar-refractivity contribution is -0.122. The van der Waals surface area contributed by atoms with E-state index >= 15 is 0 Å². The van der Waals surface area contributed by atoms with Crippen LogP contribution < -0.4 is 11.1 Å². The SMILES string of the molecule is CC[C@H]1NC(=O)C(Cc2ccccc2)[C@@H]1N. The van der Waals surface area contributed by atoms with Gasteiger partial charge in [-0.15, -0.1) is 0 Å². The smallest absolute Gasteiger partial charge is 0.225 e. The van der Waals surface area contributed by atoms with Gasteiger partial charge in [0.2, 0.25) is 5.91 Å². The first-order chi connectivity index (χ1) is 7.72. The molecule has 1 amide bonds. The average Bonchev–Trinajstić information content (AvgIpc) is 2.58. The first kappa shape index (κ1) is 11.1. The van der Waals surface area contributed by atoms with E-state index in [4.69, 9.17) is 5.73 Å². The maximum atomic E-state index is 11.8. The van der Waals surface area contributed by atoms with Crippen molar-refractivity contribution in [2.24, 2.45) is 11.7 Å². The maximum Gasteiger partial charge on any atom is 0.225 e. The van der Waals surface area contributed by atoms with Crippen LogP contribution in [0.25, 0.3) is 0 Å². The Labute approximate surface area is 96.0 Å². The van der Waals surface area contributed by atoms with Crippen LogP contribution in [0.1, 0.15) is 18.9 Å². The van der Waals surface area contributed by atoms with E-state index in [0.29, 0.717) is 0 Å². The van der Waals surface area contributed by atoms with Crippen LogP contribution in [0.5, 0.6) is 0 Å². The number of hydrogen-bond donors (Lipinski definition) is 2. The van der Waals surface area contributed by atoms with Crippen molar-refractivity contribution in [3.8, 4) is 0 Å². The Balaban J connectivity index is 2.08. The molecule has 3 nitrogen and oxygen atoms in total. The van der Waals surface area contributed by atoms with Gasteiger partial charge in [-0.25, -0.2) is 0 Å². The van der Waals surface area contributed by atoms with Gasteiger partial charge in [0.15, 0.2) is 0 Å². The molecule has 16 heavy (non-hydrogen) atoms. The van der Waals surface area contributed by atoms with Gasteiger partial charge in [0, 0.05) is 12.1 Å². The van der Waals surface area contributed by atoms with Crippen molar-refractivity contribution in [3.63, 3.8) is 0 Å². The van der Waals surface area contributed by atoms with Gasteiger partial charge < -0.3 is 11.1 Å². The van der Waals surface area contributed by atoms with E-state index in [9.17, 15) is 4.79 Å². The molecule has 0 saturated carbocycles. The van der Waals surface area contributed by atoms with E-state index in [1.165, 1.54) is 5.56 Å². The molecule has 1 aliphatic rings. The molecule has 1 aromatic rings. The lowest BCUT2D eigenvalue weighted by Gasteiger charge is -2.16. The van der Waals surface area contributed by atoms with Gasteiger partial charge in [0.25, 0.3) is 0 Å². The topological polar surface area (TPSA) is 55.1 Å². The lowest BCUT2D eigenvalue weighted by atomic mass is 9.91. The van der Waals surface area contributed by atoms with E-state index in [2.05, 4.69) is 12.2 Å². The van der Waals surface area contributed by atoms with Crippen LogP contribution in [-0.2, 0) is 11.2 Å². The second-order valence-corrected chi connectivity index (χ2v) is 4.40. The molecule has 2 rings (SSSR count). The minimum absolute atomic E-state index is 0.0577. The molecule has 3 N–H and O–H groups in total. The largest absolute Gasteiger partial charge is 0.351 e. The van der Waals surface area contributed by atoms with Gasteiger partial charge >= 0.3 is 0 Å². The highest BCUT2D eigenvalue weighted by Crippen LogP contribution is 2.21. The second kappa shape index (κ2) is 4.66. The number of hydrogen-bond acceptors (Lipinski definition) is 2. The molecule has 1 aromatic carbocycles. The molecule has 0 radical (unpaired) electrons. The minimum atomic E-state index is -0.0765. The van der Waals surface area contributed by atoms with Gasteiger partial charge in [0.05, 0.1) is 5.92 Å². The summed E-state index contributed by atoms with van der Waals surface area (Å²) in [5, 5.41) is 2.96. The molecule has 3 atom stereocenters. The Kier molecular flexibility index (Phi) is 3.25. The van der Waals surface area contributed by atoms with Crippen LogP contribution >= 0.6 is 0 Å². The zero-order valence-electron chi connectivity index (χ0n) is 9.52.